The molecule has 0 saturated heterocycles. The number of hydrogen-bond donors (Lipinski definition) is 1. The number of nitrogens with zero attached hydrogens (tertiary/aromatic N) is 1. The van der Waals surface area contributed by atoms with Crippen molar-refractivity contribution in [3.63, 3.8) is 0 Å². The SMILES string of the molecule is CCCCCCCCCCCCCCCCCCCCCCCCCCCOCC(COP(=O)(O)OCC[N+](C)(C)C)OC(=O)CCCCCC. The average Bonchev–Trinajstić information content (AvgIpc) is 3.08. The van der Waals surface area contributed by atoms with Crippen molar-refractivity contribution < 1.29 is 37.3 Å². The number of quaternary nitrogens is 1. The molecule has 9 heteroatoms. The van der Waals surface area contributed by atoms with Gasteiger partial charge < -0.3 is 18.9 Å². The summed E-state index contributed by atoms with van der Waals surface area (Å²) < 4.78 is 34.6. The van der Waals surface area contributed by atoms with Crippen LogP contribution in [0.1, 0.15) is 206 Å². The first-order chi connectivity index (χ1) is 24.6. The molecule has 8 nitrogen and oxygen atoms in total. The zero-order valence-corrected chi connectivity index (χ0v) is 35.5. The summed E-state index contributed by atoms with van der Waals surface area (Å²) in [6, 6.07) is 0. The fourth-order valence-electron chi connectivity index (χ4n) is 6.26. The van der Waals surface area contributed by atoms with Crippen molar-refractivity contribution in [1.29, 1.82) is 0 Å². The summed E-state index contributed by atoms with van der Waals surface area (Å²) in [7, 11) is 1.68. The van der Waals surface area contributed by atoms with Gasteiger partial charge in [0.05, 0.1) is 34.4 Å². The number of unbranched alkanes of at least 4 members (excludes halogenated alkanes) is 27. The van der Waals surface area contributed by atoms with E-state index < -0.39 is 13.9 Å². The first kappa shape index (κ1) is 50.5. The quantitative estimate of drug-likeness (QED) is 0.0288. The van der Waals surface area contributed by atoms with Gasteiger partial charge in [-0.15, -0.1) is 0 Å². The fourth-order valence-corrected chi connectivity index (χ4v) is 7.00. The van der Waals surface area contributed by atoms with E-state index in [1.165, 1.54) is 148 Å². The molecule has 2 atom stereocenters. The number of phosphoric ester groups is 1. The van der Waals surface area contributed by atoms with E-state index in [1.54, 1.807) is 0 Å². The van der Waals surface area contributed by atoms with Crippen molar-refractivity contribution in [1.82, 2.24) is 0 Å². The highest BCUT2D eigenvalue weighted by Crippen LogP contribution is 2.43. The first-order valence-electron chi connectivity index (χ1n) is 21.8. The number of rotatable bonds is 41. The highest BCUT2D eigenvalue weighted by molar-refractivity contribution is 7.47. The lowest BCUT2D eigenvalue weighted by molar-refractivity contribution is -0.870. The summed E-state index contributed by atoms with van der Waals surface area (Å²) in [4.78, 5) is 22.5. The highest BCUT2D eigenvalue weighted by atomic mass is 31.2. The molecule has 0 amide bonds. The molecule has 0 fully saturated rings. The third-order valence-electron chi connectivity index (χ3n) is 9.67. The van der Waals surface area contributed by atoms with Crippen LogP contribution in [-0.4, -0.2) is 75.6 Å². The van der Waals surface area contributed by atoms with Gasteiger partial charge >= 0.3 is 13.8 Å². The normalized spacial score (nSPS) is 13.8. The summed E-state index contributed by atoms with van der Waals surface area (Å²) in [6.07, 6.45) is 37.8. The summed E-state index contributed by atoms with van der Waals surface area (Å²) in [6.45, 7) is 5.54. The topological polar surface area (TPSA) is 91.3 Å². The summed E-state index contributed by atoms with van der Waals surface area (Å²) in [5.74, 6) is -0.327. The highest BCUT2D eigenvalue weighted by Gasteiger charge is 2.26. The molecule has 0 bridgehead atoms. The number of phosphoric acid groups is 1. The Labute approximate surface area is 317 Å². The molecule has 0 aromatic heterocycles. The summed E-state index contributed by atoms with van der Waals surface area (Å²) in [5, 5.41) is 0. The van der Waals surface area contributed by atoms with Crippen molar-refractivity contribution in [2.24, 2.45) is 0 Å². The molecule has 0 spiro atoms. The van der Waals surface area contributed by atoms with Crippen LogP contribution >= 0.6 is 7.82 Å². The van der Waals surface area contributed by atoms with Gasteiger partial charge in [0.1, 0.15) is 19.3 Å². The lowest BCUT2D eigenvalue weighted by Gasteiger charge is -2.24. The van der Waals surface area contributed by atoms with Crippen molar-refractivity contribution in [2.45, 2.75) is 213 Å². The molecule has 2 unspecified atom stereocenters. The van der Waals surface area contributed by atoms with Crippen LogP contribution in [0.25, 0.3) is 0 Å². The summed E-state index contributed by atoms with van der Waals surface area (Å²) in [5.41, 5.74) is 0. The number of carbonyl (C=O) groups excluding carboxylic acids is 1. The largest absolute Gasteiger partial charge is 0.472 e. The van der Waals surface area contributed by atoms with Crippen molar-refractivity contribution >= 4 is 13.8 Å². The van der Waals surface area contributed by atoms with Crippen LogP contribution in [-0.2, 0) is 27.9 Å². The smallest absolute Gasteiger partial charge is 0.457 e. The monoisotopic (exact) mass is 749 g/mol. The van der Waals surface area contributed by atoms with Crippen molar-refractivity contribution in [2.75, 3.05) is 54.1 Å². The molecule has 0 rings (SSSR count). The van der Waals surface area contributed by atoms with E-state index in [-0.39, 0.29) is 25.8 Å². The maximum atomic E-state index is 12.4. The summed E-state index contributed by atoms with van der Waals surface area (Å²) >= 11 is 0. The molecule has 0 aliphatic rings. The predicted molar refractivity (Wildman–Crippen MR) is 215 cm³/mol. The number of carbonyl (C=O) groups is 1. The van der Waals surface area contributed by atoms with Crippen LogP contribution in [0.5, 0.6) is 0 Å². The van der Waals surface area contributed by atoms with E-state index in [2.05, 4.69) is 13.8 Å². The Morgan fingerprint density at radius 3 is 1.29 bits per heavy atom. The third-order valence-corrected chi connectivity index (χ3v) is 10.7. The average molecular weight is 749 g/mol. The molecule has 0 aromatic rings. The molecule has 1 N–H and O–H groups in total. The van der Waals surface area contributed by atoms with Gasteiger partial charge in [0.2, 0.25) is 0 Å². The number of hydrogen-bond acceptors (Lipinski definition) is 6. The second kappa shape index (κ2) is 36.5. The van der Waals surface area contributed by atoms with E-state index in [9.17, 15) is 14.3 Å². The van der Waals surface area contributed by atoms with Gasteiger partial charge in [0, 0.05) is 13.0 Å². The minimum atomic E-state index is -4.25. The molecule has 0 aromatic carbocycles. The Morgan fingerprint density at radius 2 is 0.902 bits per heavy atom. The predicted octanol–water partition coefficient (Wildman–Crippen LogP) is 12.5. The van der Waals surface area contributed by atoms with Crippen molar-refractivity contribution in [3.05, 3.63) is 0 Å². The van der Waals surface area contributed by atoms with E-state index in [0.717, 1.165) is 38.5 Å². The van der Waals surface area contributed by atoms with Crippen LogP contribution < -0.4 is 0 Å². The Balaban J connectivity index is 3.78. The molecule has 51 heavy (non-hydrogen) atoms. The minimum Gasteiger partial charge on any atom is -0.457 e. The molecular weight excluding hydrogens is 661 g/mol. The molecule has 0 aliphatic heterocycles. The molecule has 0 radical (unpaired) electrons. The lowest BCUT2D eigenvalue weighted by Crippen LogP contribution is -2.37. The molecule has 0 aliphatic carbocycles. The third kappa shape index (κ3) is 40.5. The second-order valence-corrected chi connectivity index (χ2v) is 17.5. The van der Waals surface area contributed by atoms with E-state index in [4.69, 9.17) is 18.5 Å². The molecule has 0 saturated carbocycles. The zero-order valence-electron chi connectivity index (χ0n) is 34.6. The standard InChI is InChI=1S/C42H86NO7P/c1-6-8-10-12-13-14-15-16-17-18-19-20-21-22-23-24-25-26-27-28-29-30-31-32-34-37-47-39-41(50-42(44)35-33-11-9-7-2)40-49-51(45,46)48-38-36-43(3,4)5/h41H,6-40H2,1-5H3/p+1. The molecule has 306 valence electrons. The lowest BCUT2D eigenvalue weighted by atomic mass is 10.0. The van der Waals surface area contributed by atoms with Gasteiger partial charge in [-0.25, -0.2) is 4.57 Å². The van der Waals surface area contributed by atoms with Gasteiger partial charge in [-0.3, -0.25) is 13.8 Å². The van der Waals surface area contributed by atoms with Gasteiger partial charge in [-0.05, 0) is 12.8 Å². The van der Waals surface area contributed by atoms with E-state index >= 15 is 0 Å². The Bertz CT molecular complexity index is 792. The molecule has 0 heterocycles. The first-order valence-corrected chi connectivity index (χ1v) is 23.3. The Kier molecular flexibility index (Phi) is 36.1. The van der Waals surface area contributed by atoms with Gasteiger partial charge in [0.25, 0.3) is 0 Å². The number of esters is 1. The van der Waals surface area contributed by atoms with Gasteiger partial charge in [0.15, 0.2) is 0 Å². The van der Waals surface area contributed by atoms with Gasteiger partial charge in [-0.2, -0.15) is 0 Å². The van der Waals surface area contributed by atoms with Crippen LogP contribution in [0.4, 0.5) is 0 Å². The van der Waals surface area contributed by atoms with Gasteiger partial charge in [-0.1, -0.05) is 187 Å². The number of ether oxygens (including phenoxy) is 2. The maximum absolute atomic E-state index is 12.4. The maximum Gasteiger partial charge on any atom is 0.472 e. The Hall–Kier alpha value is -0.500. The van der Waals surface area contributed by atoms with Crippen LogP contribution in [0.2, 0.25) is 0 Å². The Morgan fingerprint density at radius 1 is 0.529 bits per heavy atom. The van der Waals surface area contributed by atoms with Crippen LogP contribution in [0, 0.1) is 0 Å². The van der Waals surface area contributed by atoms with Crippen LogP contribution in [0.3, 0.4) is 0 Å². The minimum absolute atomic E-state index is 0.0925. The number of likely N-dealkylation sites (N-methyl/N-ethyl adjacent to an activating group) is 1. The fraction of sp³-hybridized carbons (Fsp3) is 0.976. The van der Waals surface area contributed by atoms with E-state index in [1.807, 2.05) is 21.1 Å². The van der Waals surface area contributed by atoms with Crippen LogP contribution in [0.15, 0.2) is 0 Å². The second-order valence-electron chi connectivity index (χ2n) is 16.1. The van der Waals surface area contributed by atoms with E-state index in [0.29, 0.717) is 24.1 Å². The van der Waals surface area contributed by atoms with Crippen molar-refractivity contribution in [3.8, 4) is 0 Å². The zero-order chi connectivity index (χ0) is 37.7. The molecular formula is C42H87NO7P+.